The van der Waals surface area contributed by atoms with Gasteiger partial charge in [0.1, 0.15) is 5.41 Å². The lowest BCUT2D eigenvalue weighted by Crippen LogP contribution is -2.40. The van der Waals surface area contributed by atoms with Gasteiger partial charge in [-0.1, -0.05) is 30.3 Å². The van der Waals surface area contributed by atoms with Crippen molar-refractivity contribution in [2.75, 3.05) is 19.0 Å². The molecule has 1 fully saturated rings. The first kappa shape index (κ1) is 19.6. The van der Waals surface area contributed by atoms with Gasteiger partial charge in [-0.05, 0) is 49.6 Å². The highest BCUT2D eigenvalue weighted by atomic mass is 16.5. The van der Waals surface area contributed by atoms with Crippen LogP contribution in [0, 0.1) is 5.41 Å². The third-order valence-electron chi connectivity index (χ3n) is 4.86. The molecule has 1 saturated carbocycles. The second-order valence-electron chi connectivity index (χ2n) is 6.98. The van der Waals surface area contributed by atoms with Crippen LogP contribution >= 0.6 is 0 Å². The number of benzene rings is 2. The Morgan fingerprint density at radius 1 is 1.04 bits per heavy atom. The molecule has 146 valence electrons. The first-order chi connectivity index (χ1) is 13.5. The molecule has 1 N–H and O–H groups in total. The molecule has 28 heavy (non-hydrogen) atoms. The minimum Gasteiger partial charge on any atom is -0.462 e. The van der Waals surface area contributed by atoms with Crippen LogP contribution in [0.2, 0.25) is 0 Å². The Morgan fingerprint density at radius 3 is 2.25 bits per heavy atom. The Labute approximate surface area is 164 Å². The number of carbonyl (C=O) groups excluding carboxylic acids is 3. The van der Waals surface area contributed by atoms with Gasteiger partial charge in [-0.25, -0.2) is 4.79 Å². The van der Waals surface area contributed by atoms with E-state index in [9.17, 15) is 14.4 Å². The van der Waals surface area contributed by atoms with Crippen molar-refractivity contribution in [3.63, 3.8) is 0 Å². The van der Waals surface area contributed by atoms with E-state index in [1.54, 1.807) is 43.1 Å². The minimum atomic E-state index is -0.997. The van der Waals surface area contributed by atoms with Crippen LogP contribution < -0.4 is 5.32 Å². The lowest BCUT2D eigenvalue weighted by Gasteiger charge is -2.23. The molecule has 3 rings (SSSR count). The number of carbonyl (C=O) groups is 3. The zero-order valence-corrected chi connectivity index (χ0v) is 16.1. The SMILES string of the molecule is CCOC(=O)c1ccc(NC(=O)C2(C(=O)N(C)Cc3ccccc3)CC2)cc1. The molecular weight excluding hydrogens is 356 g/mol. The molecule has 2 aromatic carbocycles. The van der Waals surface area contributed by atoms with E-state index < -0.39 is 11.4 Å². The summed E-state index contributed by atoms with van der Waals surface area (Å²) in [6.45, 7) is 2.51. The van der Waals surface area contributed by atoms with Gasteiger partial charge in [0.15, 0.2) is 0 Å². The summed E-state index contributed by atoms with van der Waals surface area (Å²) in [5.41, 5.74) is 0.982. The summed E-state index contributed by atoms with van der Waals surface area (Å²) >= 11 is 0. The van der Waals surface area contributed by atoms with Crippen LogP contribution in [0.4, 0.5) is 5.69 Å². The van der Waals surface area contributed by atoms with E-state index in [0.29, 0.717) is 37.2 Å². The van der Waals surface area contributed by atoms with Crippen LogP contribution in [0.3, 0.4) is 0 Å². The van der Waals surface area contributed by atoms with Gasteiger partial charge in [0.2, 0.25) is 11.8 Å². The Morgan fingerprint density at radius 2 is 1.68 bits per heavy atom. The summed E-state index contributed by atoms with van der Waals surface area (Å²) in [6, 6.07) is 16.1. The zero-order chi connectivity index (χ0) is 20.1. The Balaban J connectivity index is 1.63. The molecule has 0 spiro atoms. The van der Waals surface area contributed by atoms with Crippen LogP contribution in [0.1, 0.15) is 35.7 Å². The number of hydrogen-bond acceptors (Lipinski definition) is 4. The molecule has 0 saturated heterocycles. The lowest BCUT2D eigenvalue weighted by atomic mass is 10.0. The van der Waals surface area contributed by atoms with Gasteiger partial charge in [-0.15, -0.1) is 0 Å². The molecule has 2 amide bonds. The predicted octanol–water partition coefficient (Wildman–Crippen LogP) is 3.24. The Bertz CT molecular complexity index is 858. The minimum absolute atomic E-state index is 0.169. The molecule has 6 heteroatoms. The third-order valence-corrected chi connectivity index (χ3v) is 4.86. The van der Waals surface area contributed by atoms with Gasteiger partial charge >= 0.3 is 5.97 Å². The standard InChI is InChI=1S/C22H24N2O4/c1-3-28-19(25)17-9-11-18(12-10-17)23-20(26)22(13-14-22)21(27)24(2)15-16-7-5-4-6-8-16/h4-12H,3,13-15H2,1-2H3,(H,23,26). The van der Waals surface area contributed by atoms with E-state index in [4.69, 9.17) is 4.74 Å². The van der Waals surface area contributed by atoms with Crippen molar-refractivity contribution in [1.82, 2.24) is 4.90 Å². The molecule has 1 aliphatic carbocycles. The maximum atomic E-state index is 12.9. The van der Waals surface area contributed by atoms with E-state index in [2.05, 4.69) is 5.32 Å². The fraction of sp³-hybridized carbons (Fsp3) is 0.318. The summed E-state index contributed by atoms with van der Waals surface area (Å²) in [5, 5.41) is 2.80. The van der Waals surface area contributed by atoms with E-state index in [1.807, 2.05) is 30.3 Å². The molecule has 6 nitrogen and oxygen atoms in total. The number of anilines is 1. The van der Waals surface area contributed by atoms with Crippen LogP contribution in [-0.4, -0.2) is 36.3 Å². The number of hydrogen-bond donors (Lipinski definition) is 1. The number of rotatable bonds is 7. The molecule has 0 atom stereocenters. The second kappa shape index (κ2) is 8.25. The van der Waals surface area contributed by atoms with Gasteiger partial charge in [-0.2, -0.15) is 0 Å². The molecule has 1 aliphatic rings. The van der Waals surface area contributed by atoms with E-state index in [1.165, 1.54) is 0 Å². The fourth-order valence-corrected chi connectivity index (χ4v) is 3.11. The average Bonchev–Trinajstić information content (AvgIpc) is 3.51. The first-order valence-electron chi connectivity index (χ1n) is 9.34. The fourth-order valence-electron chi connectivity index (χ4n) is 3.11. The largest absolute Gasteiger partial charge is 0.462 e. The molecule has 0 radical (unpaired) electrons. The van der Waals surface area contributed by atoms with Gasteiger partial charge in [-0.3, -0.25) is 9.59 Å². The van der Waals surface area contributed by atoms with E-state index in [0.717, 1.165) is 5.56 Å². The first-order valence-corrected chi connectivity index (χ1v) is 9.34. The van der Waals surface area contributed by atoms with Crippen LogP contribution in [-0.2, 0) is 20.9 Å². The summed E-state index contributed by atoms with van der Waals surface area (Å²) in [4.78, 5) is 39.0. The summed E-state index contributed by atoms with van der Waals surface area (Å²) in [5.74, 6) is -0.880. The van der Waals surface area contributed by atoms with Gasteiger partial charge in [0.05, 0.1) is 12.2 Å². The molecule has 0 aromatic heterocycles. The summed E-state index contributed by atoms with van der Waals surface area (Å²) < 4.78 is 4.94. The molecule has 0 aliphatic heterocycles. The highest BCUT2D eigenvalue weighted by Crippen LogP contribution is 2.48. The van der Waals surface area contributed by atoms with Crippen molar-refractivity contribution < 1.29 is 19.1 Å². The van der Waals surface area contributed by atoms with Crippen molar-refractivity contribution in [1.29, 1.82) is 0 Å². The number of esters is 1. The zero-order valence-electron chi connectivity index (χ0n) is 16.1. The summed E-state index contributed by atoms with van der Waals surface area (Å²) in [7, 11) is 1.72. The smallest absolute Gasteiger partial charge is 0.338 e. The lowest BCUT2D eigenvalue weighted by molar-refractivity contribution is -0.141. The average molecular weight is 380 g/mol. The maximum Gasteiger partial charge on any atom is 0.338 e. The molecule has 2 aromatic rings. The number of amides is 2. The molecular formula is C22H24N2O4. The van der Waals surface area contributed by atoms with Crippen LogP contribution in [0.25, 0.3) is 0 Å². The Hall–Kier alpha value is -3.15. The highest BCUT2D eigenvalue weighted by molar-refractivity contribution is 6.13. The molecule has 0 unspecified atom stereocenters. The number of nitrogens with zero attached hydrogens (tertiary/aromatic N) is 1. The van der Waals surface area contributed by atoms with Crippen molar-refractivity contribution in [3.05, 3.63) is 65.7 Å². The van der Waals surface area contributed by atoms with Gasteiger partial charge < -0.3 is 15.0 Å². The predicted molar refractivity (Wildman–Crippen MR) is 106 cm³/mol. The van der Waals surface area contributed by atoms with Crippen molar-refractivity contribution in [3.8, 4) is 0 Å². The quantitative estimate of drug-likeness (QED) is 0.591. The van der Waals surface area contributed by atoms with Crippen molar-refractivity contribution in [2.45, 2.75) is 26.3 Å². The topological polar surface area (TPSA) is 75.7 Å². The van der Waals surface area contributed by atoms with E-state index in [-0.39, 0.29) is 11.8 Å². The monoisotopic (exact) mass is 380 g/mol. The van der Waals surface area contributed by atoms with Crippen molar-refractivity contribution in [2.24, 2.45) is 5.41 Å². The van der Waals surface area contributed by atoms with Crippen LogP contribution in [0.15, 0.2) is 54.6 Å². The number of nitrogens with one attached hydrogen (secondary N) is 1. The van der Waals surface area contributed by atoms with Gasteiger partial charge in [0, 0.05) is 19.3 Å². The van der Waals surface area contributed by atoms with Crippen LogP contribution in [0.5, 0.6) is 0 Å². The Kier molecular flexibility index (Phi) is 5.78. The highest BCUT2D eigenvalue weighted by Gasteiger charge is 2.57. The normalized spacial score (nSPS) is 14.1. The number of ether oxygens (including phenoxy) is 1. The van der Waals surface area contributed by atoms with E-state index >= 15 is 0 Å². The third kappa shape index (κ3) is 4.22. The van der Waals surface area contributed by atoms with Gasteiger partial charge in [0.25, 0.3) is 0 Å². The molecule has 0 heterocycles. The second-order valence-corrected chi connectivity index (χ2v) is 6.98. The maximum absolute atomic E-state index is 12.9. The summed E-state index contributed by atoms with van der Waals surface area (Å²) in [6.07, 6.45) is 1.08. The van der Waals surface area contributed by atoms with Crippen molar-refractivity contribution >= 4 is 23.5 Å². The molecule has 0 bridgehead atoms.